The molecule has 1 heterocycles. The number of amidine groups is 1. The quantitative estimate of drug-likeness (QED) is 0.342. The second-order valence-corrected chi connectivity index (χ2v) is 7.29. The van der Waals surface area contributed by atoms with E-state index in [1.165, 1.54) is 4.68 Å². The molecule has 1 aromatic heterocycles. The first-order valence-electron chi connectivity index (χ1n) is 8.87. The highest BCUT2D eigenvalue weighted by atomic mass is 79.9. The van der Waals surface area contributed by atoms with Crippen molar-refractivity contribution in [1.29, 1.82) is 0 Å². The van der Waals surface area contributed by atoms with Crippen molar-refractivity contribution < 1.29 is 5.11 Å². The molecule has 0 radical (unpaired) electrons. The first kappa shape index (κ1) is 21.7. The van der Waals surface area contributed by atoms with E-state index in [0.29, 0.717) is 30.1 Å². The summed E-state index contributed by atoms with van der Waals surface area (Å²) in [5, 5.41) is 15.2. The molecule has 0 spiro atoms. The molecule has 28 heavy (non-hydrogen) atoms. The van der Waals surface area contributed by atoms with Crippen LogP contribution in [0.4, 0.5) is 0 Å². The van der Waals surface area contributed by atoms with E-state index in [-0.39, 0.29) is 11.6 Å². The highest BCUT2D eigenvalue weighted by Crippen LogP contribution is 2.34. The van der Waals surface area contributed by atoms with Crippen molar-refractivity contribution in [3.05, 3.63) is 70.0 Å². The van der Waals surface area contributed by atoms with Gasteiger partial charge in [0.05, 0.1) is 5.70 Å². The van der Waals surface area contributed by atoms with E-state index >= 15 is 0 Å². The third-order valence-corrected chi connectivity index (χ3v) is 4.63. The molecule has 0 atom stereocenters. The molecule has 7 heteroatoms. The number of aryl methyl sites for hydroxylation is 2. The van der Waals surface area contributed by atoms with Gasteiger partial charge in [-0.15, -0.1) is 0 Å². The number of allylic oxidation sites excluding steroid dienone is 3. The van der Waals surface area contributed by atoms with E-state index in [2.05, 4.69) is 32.6 Å². The lowest BCUT2D eigenvalue weighted by atomic mass is 10.1. The fourth-order valence-electron chi connectivity index (χ4n) is 2.91. The third-order valence-electron chi connectivity index (χ3n) is 4.14. The van der Waals surface area contributed by atoms with Crippen molar-refractivity contribution in [3.63, 3.8) is 0 Å². The zero-order valence-corrected chi connectivity index (χ0v) is 18.0. The molecule has 5 N–H and O–H groups in total. The molecule has 0 amide bonds. The summed E-state index contributed by atoms with van der Waals surface area (Å²) >= 11 is 3.44. The van der Waals surface area contributed by atoms with Crippen molar-refractivity contribution in [2.45, 2.75) is 20.3 Å². The van der Waals surface area contributed by atoms with Crippen LogP contribution in [-0.4, -0.2) is 27.3 Å². The summed E-state index contributed by atoms with van der Waals surface area (Å²) in [6.07, 6.45) is 6.43. The Balaban J connectivity index is 2.42. The second kappa shape index (κ2) is 9.52. The predicted molar refractivity (Wildman–Crippen MR) is 119 cm³/mol. The Bertz CT molecular complexity index is 969. The summed E-state index contributed by atoms with van der Waals surface area (Å²) in [5.74, 6) is 0.129. The molecule has 0 saturated heterocycles. The number of aliphatic imine (C=N–C) groups is 1. The fourth-order valence-corrected chi connectivity index (χ4v) is 3.39. The van der Waals surface area contributed by atoms with Gasteiger partial charge in [-0.1, -0.05) is 40.7 Å². The molecule has 2 aromatic rings. The van der Waals surface area contributed by atoms with Crippen molar-refractivity contribution >= 4 is 21.8 Å². The maximum Gasteiger partial charge on any atom is 0.173 e. The minimum Gasteiger partial charge on any atom is -0.504 e. The molecule has 0 saturated carbocycles. The molecule has 0 aliphatic rings. The summed E-state index contributed by atoms with van der Waals surface area (Å²) < 4.78 is 2.48. The van der Waals surface area contributed by atoms with Gasteiger partial charge in [0, 0.05) is 17.1 Å². The van der Waals surface area contributed by atoms with Crippen LogP contribution in [-0.2, 0) is 7.05 Å². The minimum absolute atomic E-state index is 0.0124. The minimum atomic E-state index is -0.0124. The van der Waals surface area contributed by atoms with Gasteiger partial charge in [0.1, 0.15) is 11.4 Å². The lowest BCUT2D eigenvalue weighted by molar-refractivity contribution is 0.475. The molecule has 0 unspecified atom stereocenters. The normalized spacial score (nSPS) is 12.8. The zero-order valence-electron chi connectivity index (χ0n) is 16.4. The molecule has 0 aliphatic carbocycles. The first-order valence-corrected chi connectivity index (χ1v) is 9.67. The number of benzene rings is 1. The van der Waals surface area contributed by atoms with E-state index in [4.69, 9.17) is 11.5 Å². The SMILES string of the molecule is C=C(/C=C(\C=C/C)CCN)N=C(N)c1c(O)c(-c2ccc(Br)cc2C)nn1C. The predicted octanol–water partition coefficient (Wildman–Crippen LogP) is 3.93. The van der Waals surface area contributed by atoms with Crippen LogP contribution in [0.3, 0.4) is 0 Å². The lowest BCUT2D eigenvalue weighted by Gasteiger charge is -2.05. The van der Waals surface area contributed by atoms with Gasteiger partial charge in [0.15, 0.2) is 11.6 Å². The van der Waals surface area contributed by atoms with Crippen LogP contribution in [0.2, 0.25) is 0 Å². The number of hydrogen-bond donors (Lipinski definition) is 3. The largest absolute Gasteiger partial charge is 0.504 e. The van der Waals surface area contributed by atoms with Crippen LogP contribution in [0.5, 0.6) is 5.75 Å². The Kier molecular flexibility index (Phi) is 7.37. The van der Waals surface area contributed by atoms with Gasteiger partial charge in [-0.2, -0.15) is 5.10 Å². The molecule has 0 fully saturated rings. The number of aromatic hydroxyl groups is 1. The molecular formula is C21H26BrN5O. The number of rotatable bonds is 7. The Hall–Kier alpha value is -2.64. The summed E-state index contributed by atoms with van der Waals surface area (Å²) in [6.45, 7) is 8.36. The number of aromatic nitrogens is 2. The average Bonchev–Trinajstić information content (AvgIpc) is 2.89. The van der Waals surface area contributed by atoms with E-state index in [9.17, 15) is 5.11 Å². The second-order valence-electron chi connectivity index (χ2n) is 6.37. The van der Waals surface area contributed by atoms with Crippen molar-refractivity contribution in [3.8, 4) is 17.0 Å². The monoisotopic (exact) mass is 443 g/mol. The molecule has 148 valence electrons. The Morgan fingerprint density at radius 3 is 2.75 bits per heavy atom. The summed E-state index contributed by atoms with van der Waals surface area (Å²) in [5.41, 5.74) is 15.9. The summed E-state index contributed by atoms with van der Waals surface area (Å²) in [4.78, 5) is 4.34. The van der Waals surface area contributed by atoms with Crippen LogP contribution in [0.25, 0.3) is 11.3 Å². The third kappa shape index (κ3) is 4.99. The van der Waals surface area contributed by atoms with Gasteiger partial charge in [-0.05, 0) is 56.2 Å². The molecule has 6 nitrogen and oxygen atoms in total. The maximum absolute atomic E-state index is 10.8. The number of nitrogens with zero attached hydrogens (tertiary/aromatic N) is 3. The van der Waals surface area contributed by atoms with Crippen molar-refractivity contribution in [2.24, 2.45) is 23.5 Å². The zero-order chi connectivity index (χ0) is 20.8. The van der Waals surface area contributed by atoms with Crippen molar-refractivity contribution in [1.82, 2.24) is 9.78 Å². The highest BCUT2D eigenvalue weighted by molar-refractivity contribution is 9.10. The lowest BCUT2D eigenvalue weighted by Crippen LogP contribution is -2.18. The van der Waals surface area contributed by atoms with Crippen LogP contribution >= 0.6 is 15.9 Å². The molecule has 1 aromatic carbocycles. The van der Waals surface area contributed by atoms with Crippen LogP contribution in [0.15, 0.2) is 63.7 Å². The Morgan fingerprint density at radius 2 is 2.14 bits per heavy atom. The van der Waals surface area contributed by atoms with Gasteiger partial charge in [-0.3, -0.25) is 4.68 Å². The molecule has 2 rings (SSSR count). The molecular weight excluding hydrogens is 418 g/mol. The van der Waals surface area contributed by atoms with Gasteiger partial charge < -0.3 is 16.6 Å². The number of hydrogen-bond acceptors (Lipinski definition) is 4. The van der Waals surface area contributed by atoms with Gasteiger partial charge in [-0.25, -0.2) is 4.99 Å². The highest BCUT2D eigenvalue weighted by Gasteiger charge is 2.21. The molecule has 0 bridgehead atoms. The van der Waals surface area contributed by atoms with Gasteiger partial charge in [0.25, 0.3) is 0 Å². The Morgan fingerprint density at radius 1 is 1.43 bits per heavy atom. The van der Waals surface area contributed by atoms with E-state index < -0.39 is 0 Å². The summed E-state index contributed by atoms with van der Waals surface area (Å²) in [7, 11) is 1.72. The number of halogens is 1. The van der Waals surface area contributed by atoms with E-state index in [1.807, 2.05) is 50.3 Å². The first-order chi connectivity index (χ1) is 13.3. The van der Waals surface area contributed by atoms with Crippen LogP contribution in [0, 0.1) is 6.92 Å². The topological polar surface area (TPSA) is 102 Å². The maximum atomic E-state index is 10.8. The Labute approximate surface area is 174 Å². The van der Waals surface area contributed by atoms with Crippen LogP contribution in [0.1, 0.15) is 24.6 Å². The van der Waals surface area contributed by atoms with Crippen LogP contribution < -0.4 is 11.5 Å². The van der Waals surface area contributed by atoms with E-state index in [1.54, 1.807) is 7.05 Å². The number of nitrogens with two attached hydrogens (primary N) is 2. The van der Waals surface area contributed by atoms with Crippen molar-refractivity contribution in [2.75, 3.05) is 6.54 Å². The average molecular weight is 444 g/mol. The van der Waals surface area contributed by atoms with Gasteiger partial charge >= 0.3 is 0 Å². The standard InChI is InChI=1S/C21H26BrN5O/c1-5-6-15(9-10-23)12-14(3)25-21(24)19-20(28)18(26-27(19)4)17-8-7-16(22)11-13(17)2/h5-8,11-12,28H,3,9-10,23H2,1-2,4H3,(H2,24,25)/b6-5-,15-12+. The molecule has 0 aliphatic heterocycles. The summed E-state index contributed by atoms with van der Waals surface area (Å²) in [6, 6.07) is 5.77. The smallest absolute Gasteiger partial charge is 0.173 e. The fraction of sp³-hybridized carbons (Fsp3) is 0.238. The van der Waals surface area contributed by atoms with Gasteiger partial charge in [0.2, 0.25) is 0 Å². The van der Waals surface area contributed by atoms with E-state index in [0.717, 1.165) is 21.2 Å².